The number of ether oxygens (including phenoxy) is 2. The topological polar surface area (TPSA) is 67.9 Å². The largest absolute Gasteiger partial charge is 0.497 e. The highest BCUT2D eigenvalue weighted by Crippen LogP contribution is 2.32. The maximum absolute atomic E-state index is 13.4. The van der Waals surface area contributed by atoms with Crippen molar-refractivity contribution in [2.45, 2.75) is 37.6 Å². The van der Waals surface area contributed by atoms with Crippen LogP contribution >= 0.6 is 0 Å². The lowest BCUT2D eigenvalue weighted by Crippen LogP contribution is -2.53. The van der Waals surface area contributed by atoms with Gasteiger partial charge in [0.15, 0.2) is 6.10 Å². The zero-order valence-corrected chi connectivity index (χ0v) is 15.8. The number of carbonyl (C=O) groups is 2. The minimum absolute atomic E-state index is 0.0767. The molecule has 2 aromatic carbocycles. The molecule has 2 atom stereocenters. The Morgan fingerprint density at radius 1 is 1.14 bits per heavy atom. The van der Waals surface area contributed by atoms with Gasteiger partial charge in [-0.25, -0.2) is 0 Å². The van der Waals surface area contributed by atoms with Crippen LogP contribution in [0.5, 0.6) is 5.75 Å². The molecule has 2 aromatic rings. The second-order valence-electron chi connectivity index (χ2n) is 7.23. The van der Waals surface area contributed by atoms with Gasteiger partial charge in [-0.05, 0) is 36.1 Å². The molecule has 0 bridgehead atoms. The third-order valence-electron chi connectivity index (χ3n) is 5.20. The molecule has 1 heterocycles. The molecular formula is C22H24N2O4. The van der Waals surface area contributed by atoms with E-state index in [-0.39, 0.29) is 24.5 Å². The molecule has 2 aliphatic rings. The molecule has 1 aliphatic heterocycles. The fourth-order valence-electron chi connectivity index (χ4n) is 3.55. The molecule has 0 radical (unpaired) electrons. The van der Waals surface area contributed by atoms with Crippen molar-refractivity contribution in [1.29, 1.82) is 0 Å². The van der Waals surface area contributed by atoms with E-state index >= 15 is 0 Å². The molecule has 0 spiro atoms. The van der Waals surface area contributed by atoms with Crippen LogP contribution in [0.25, 0.3) is 0 Å². The number of nitrogens with zero attached hydrogens (tertiary/aromatic N) is 1. The monoisotopic (exact) mass is 380 g/mol. The predicted octanol–water partition coefficient (Wildman–Crippen LogP) is 2.44. The van der Waals surface area contributed by atoms with Crippen LogP contribution in [0.3, 0.4) is 0 Å². The molecule has 1 saturated carbocycles. The minimum Gasteiger partial charge on any atom is -0.497 e. The lowest BCUT2D eigenvalue weighted by atomic mass is 9.98. The van der Waals surface area contributed by atoms with Crippen LogP contribution in [0.15, 0.2) is 54.6 Å². The Morgan fingerprint density at radius 3 is 2.50 bits per heavy atom. The highest BCUT2D eigenvalue weighted by molar-refractivity contribution is 5.86. The van der Waals surface area contributed by atoms with Gasteiger partial charge in [-0.3, -0.25) is 9.59 Å². The van der Waals surface area contributed by atoms with Gasteiger partial charge in [0, 0.05) is 12.6 Å². The normalized spacial score (nSPS) is 21.7. The summed E-state index contributed by atoms with van der Waals surface area (Å²) in [5, 5.41) is 2.93. The predicted molar refractivity (Wildman–Crippen MR) is 104 cm³/mol. The smallest absolute Gasteiger partial charge is 0.254 e. The zero-order chi connectivity index (χ0) is 19.5. The summed E-state index contributed by atoms with van der Waals surface area (Å²) in [5.41, 5.74) is 1.91. The first-order valence-electron chi connectivity index (χ1n) is 9.55. The first-order valence-corrected chi connectivity index (χ1v) is 9.55. The number of carbonyl (C=O) groups excluding carboxylic acids is 2. The molecule has 2 amide bonds. The first-order chi connectivity index (χ1) is 13.7. The van der Waals surface area contributed by atoms with Crippen LogP contribution in [-0.4, -0.2) is 42.6 Å². The van der Waals surface area contributed by atoms with Gasteiger partial charge < -0.3 is 19.7 Å². The lowest BCUT2D eigenvalue weighted by molar-refractivity contribution is -0.156. The van der Waals surface area contributed by atoms with Crippen molar-refractivity contribution in [1.82, 2.24) is 10.2 Å². The number of methoxy groups -OCH3 is 1. The number of amides is 2. The Bertz CT molecular complexity index is 833. The van der Waals surface area contributed by atoms with Gasteiger partial charge >= 0.3 is 0 Å². The number of nitrogens with one attached hydrogen (secondary N) is 1. The molecule has 6 nitrogen and oxygen atoms in total. The molecule has 0 aromatic heterocycles. The van der Waals surface area contributed by atoms with E-state index in [1.807, 2.05) is 59.5 Å². The summed E-state index contributed by atoms with van der Waals surface area (Å²) >= 11 is 0. The molecule has 0 unspecified atom stereocenters. The molecule has 1 N–H and O–H groups in total. The zero-order valence-electron chi connectivity index (χ0n) is 15.8. The number of benzene rings is 2. The van der Waals surface area contributed by atoms with E-state index in [9.17, 15) is 9.59 Å². The van der Waals surface area contributed by atoms with Crippen molar-refractivity contribution in [2.24, 2.45) is 0 Å². The van der Waals surface area contributed by atoms with Crippen LogP contribution in [0.1, 0.15) is 30.0 Å². The van der Waals surface area contributed by atoms with Gasteiger partial charge in [-0.1, -0.05) is 42.5 Å². The van der Waals surface area contributed by atoms with E-state index in [1.165, 1.54) is 0 Å². The highest BCUT2D eigenvalue weighted by atomic mass is 16.5. The number of hydrogen-bond donors (Lipinski definition) is 1. The van der Waals surface area contributed by atoms with E-state index in [4.69, 9.17) is 9.47 Å². The standard InChI is InChI=1S/C22H24N2O4/c1-27-18-11-7-15(8-12-18)13-24(17-9-10-17)22(26)21-20(23-19(25)14-28-21)16-5-3-2-4-6-16/h2-8,11-12,17,20-21H,9-10,13-14H2,1H3,(H,23,25)/t20-,21+/m1/s1. The molecule has 1 aliphatic carbocycles. The van der Waals surface area contributed by atoms with E-state index in [2.05, 4.69) is 5.32 Å². The maximum Gasteiger partial charge on any atom is 0.254 e. The quantitative estimate of drug-likeness (QED) is 0.836. The second kappa shape index (κ2) is 8.02. The molecular weight excluding hydrogens is 356 g/mol. The Kier molecular flexibility index (Phi) is 5.30. The SMILES string of the molecule is COc1ccc(CN(C(=O)[C@H]2OCC(=O)N[C@@H]2c2ccccc2)C2CC2)cc1. The fourth-order valence-corrected chi connectivity index (χ4v) is 3.55. The summed E-state index contributed by atoms with van der Waals surface area (Å²) in [6.45, 7) is 0.420. The van der Waals surface area contributed by atoms with Crippen LogP contribution in [0.4, 0.5) is 0 Å². The summed E-state index contributed by atoms with van der Waals surface area (Å²) in [5.74, 6) is 0.508. The average molecular weight is 380 g/mol. The summed E-state index contributed by atoms with van der Waals surface area (Å²) in [6.07, 6.45) is 1.27. The Labute approximate surface area is 164 Å². The van der Waals surface area contributed by atoms with Gasteiger partial charge in [0.1, 0.15) is 12.4 Å². The van der Waals surface area contributed by atoms with Gasteiger partial charge in [0.2, 0.25) is 5.91 Å². The van der Waals surface area contributed by atoms with Crippen molar-refractivity contribution in [2.75, 3.05) is 13.7 Å². The molecule has 4 rings (SSSR count). The van der Waals surface area contributed by atoms with E-state index in [0.717, 1.165) is 29.7 Å². The summed E-state index contributed by atoms with van der Waals surface area (Å²) in [7, 11) is 1.63. The molecule has 6 heteroatoms. The van der Waals surface area contributed by atoms with Crippen LogP contribution in [0.2, 0.25) is 0 Å². The number of hydrogen-bond acceptors (Lipinski definition) is 4. The Morgan fingerprint density at radius 2 is 1.86 bits per heavy atom. The third kappa shape index (κ3) is 4.02. The van der Waals surface area contributed by atoms with Crippen molar-refractivity contribution >= 4 is 11.8 Å². The van der Waals surface area contributed by atoms with Gasteiger partial charge in [-0.15, -0.1) is 0 Å². The highest BCUT2D eigenvalue weighted by Gasteiger charge is 2.42. The van der Waals surface area contributed by atoms with Gasteiger partial charge in [0.05, 0.1) is 13.2 Å². The molecule has 146 valence electrons. The Balaban J connectivity index is 1.55. The third-order valence-corrected chi connectivity index (χ3v) is 5.20. The van der Waals surface area contributed by atoms with Crippen molar-refractivity contribution in [3.63, 3.8) is 0 Å². The Hall–Kier alpha value is -2.86. The maximum atomic E-state index is 13.4. The number of morpholine rings is 1. The molecule has 28 heavy (non-hydrogen) atoms. The van der Waals surface area contributed by atoms with Crippen LogP contribution in [0, 0.1) is 0 Å². The summed E-state index contributed by atoms with van der Waals surface area (Å²) < 4.78 is 10.9. The van der Waals surface area contributed by atoms with Crippen LogP contribution < -0.4 is 10.1 Å². The lowest BCUT2D eigenvalue weighted by Gasteiger charge is -2.35. The van der Waals surface area contributed by atoms with E-state index in [0.29, 0.717) is 6.54 Å². The van der Waals surface area contributed by atoms with Gasteiger partial charge in [-0.2, -0.15) is 0 Å². The average Bonchev–Trinajstić information content (AvgIpc) is 3.58. The molecule has 2 fully saturated rings. The van der Waals surface area contributed by atoms with Crippen LogP contribution in [-0.2, 0) is 20.9 Å². The van der Waals surface area contributed by atoms with E-state index < -0.39 is 12.1 Å². The minimum atomic E-state index is -0.723. The second-order valence-corrected chi connectivity index (χ2v) is 7.23. The molecule has 1 saturated heterocycles. The fraction of sp³-hybridized carbons (Fsp3) is 0.364. The summed E-state index contributed by atoms with van der Waals surface area (Å²) in [4.78, 5) is 27.2. The van der Waals surface area contributed by atoms with Gasteiger partial charge in [0.25, 0.3) is 5.91 Å². The van der Waals surface area contributed by atoms with E-state index in [1.54, 1.807) is 7.11 Å². The number of rotatable bonds is 6. The first kappa shape index (κ1) is 18.5. The van der Waals surface area contributed by atoms with Crippen molar-refractivity contribution < 1.29 is 19.1 Å². The summed E-state index contributed by atoms with van der Waals surface area (Å²) in [6, 6.07) is 17.0. The van der Waals surface area contributed by atoms with Crippen molar-refractivity contribution in [3.8, 4) is 5.75 Å². The van der Waals surface area contributed by atoms with Crippen molar-refractivity contribution in [3.05, 3.63) is 65.7 Å².